The summed E-state index contributed by atoms with van der Waals surface area (Å²) in [5.41, 5.74) is 1.64. The number of nitrogens with zero attached hydrogens (tertiary/aromatic N) is 3. The lowest BCUT2D eigenvalue weighted by molar-refractivity contribution is 0.955. The second-order valence-electron chi connectivity index (χ2n) is 2.28. The first-order valence-electron chi connectivity index (χ1n) is 3.55. The minimum absolute atomic E-state index is 0. The Hall–Kier alpha value is -1.45. The van der Waals surface area contributed by atoms with Crippen LogP contribution < -0.4 is 0 Å². The molecule has 0 aromatic carbocycles. The Morgan fingerprint density at radius 3 is 3.27 bits per heavy atom. The molecule has 0 saturated carbocycles. The second kappa shape index (κ2) is 2.30. The molecule has 11 heavy (non-hydrogen) atoms. The maximum Gasteiger partial charge on any atom is 0.180 e. The summed E-state index contributed by atoms with van der Waals surface area (Å²) in [6, 6.07) is 0. The van der Waals surface area contributed by atoms with Crippen molar-refractivity contribution in [2.75, 3.05) is 0 Å². The number of nitrogens with one attached hydrogen (secondary N) is 1. The van der Waals surface area contributed by atoms with Gasteiger partial charge in [0, 0.05) is 7.85 Å². The van der Waals surface area contributed by atoms with E-state index in [-0.39, 0.29) is 1.43 Å². The SMILES string of the molecule is CCc1ncc2[nH]cnc2n1.[HH]. The van der Waals surface area contributed by atoms with Gasteiger partial charge in [0.15, 0.2) is 5.65 Å². The highest BCUT2D eigenvalue weighted by Crippen LogP contribution is 2.03. The molecule has 0 aliphatic carbocycles. The molecule has 0 bridgehead atoms. The molecular weight excluding hydrogens is 140 g/mol. The van der Waals surface area contributed by atoms with Gasteiger partial charge in [-0.1, -0.05) is 6.92 Å². The van der Waals surface area contributed by atoms with Gasteiger partial charge in [0.1, 0.15) is 11.3 Å². The fourth-order valence-electron chi connectivity index (χ4n) is 0.942. The van der Waals surface area contributed by atoms with Gasteiger partial charge in [0.05, 0.1) is 12.5 Å². The number of hydrogen-bond acceptors (Lipinski definition) is 3. The zero-order chi connectivity index (χ0) is 7.68. The maximum absolute atomic E-state index is 4.20. The van der Waals surface area contributed by atoms with Crippen molar-refractivity contribution in [1.82, 2.24) is 19.9 Å². The molecule has 0 amide bonds. The number of H-pyrrole nitrogens is 1. The number of rotatable bonds is 1. The zero-order valence-corrected chi connectivity index (χ0v) is 6.20. The smallest absolute Gasteiger partial charge is 0.180 e. The molecule has 1 N–H and O–H groups in total. The summed E-state index contributed by atoms with van der Waals surface area (Å²) in [5.74, 6) is 0.838. The Bertz CT molecular complexity index is 370. The lowest BCUT2D eigenvalue weighted by Crippen LogP contribution is -1.91. The van der Waals surface area contributed by atoms with Crippen LogP contribution in [0.4, 0.5) is 0 Å². The molecule has 58 valence electrons. The standard InChI is InChI=1S/C7H8N4.H2/c1-2-6-8-3-5-7(11-6)10-4-9-5;/h3-4H,2H2,1H3,(H,8,9,10,11);1H. The van der Waals surface area contributed by atoms with Crippen LogP contribution in [-0.2, 0) is 6.42 Å². The van der Waals surface area contributed by atoms with Crippen molar-refractivity contribution in [3.05, 3.63) is 18.3 Å². The van der Waals surface area contributed by atoms with E-state index in [4.69, 9.17) is 0 Å². The molecule has 4 heteroatoms. The van der Waals surface area contributed by atoms with Crippen molar-refractivity contribution in [3.8, 4) is 0 Å². The van der Waals surface area contributed by atoms with Gasteiger partial charge in [-0.15, -0.1) is 0 Å². The largest absolute Gasteiger partial charge is 0.342 e. The van der Waals surface area contributed by atoms with Crippen molar-refractivity contribution >= 4 is 11.2 Å². The highest BCUT2D eigenvalue weighted by atomic mass is 15.0. The number of aromatic amines is 1. The number of hydrogen-bond donors (Lipinski definition) is 1. The van der Waals surface area contributed by atoms with Gasteiger partial charge < -0.3 is 4.98 Å². The van der Waals surface area contributed by atoms with E-state index in [2.05, 4.69) is 19.9 Å². The topological polar surface area (TPSA) is 54.5 Å². The summed E-state index contributed by atoms with van der Waals surface area (Å²) in [4.78, 5) is 15.3. The summed E-state index contributed by atoms with van der Waals surface area (Å²) in [6.07, 6.45) is 4.23. The monoisotopic (exact) mass is 150 g/mol. The molecule has 0 radical (unpaired) electrons. The van der Waals surface area contributed by atoms with Gasteiger partial charge in [-0.25, -0.2) is 15.0 Å². The van der Waals surface area contributed by atoms with E-state index in [9.17, 15) is 0 Å². The number of fused-ring (bicyclic) bond motifs is 1. The summed E-state index contributed by atoms with van der Waals surface area (Å²) in [7, 11) is 0. The van der Waals surface area contributed by atoms with Crippen LogP contribution in [0, 0.1) is 0 Å². The van der Waals surface area contributed by atoms with Crippen LogP contribution in [0.2, 0.25) is 0 Å². The van der Waals surface area contributed by atoms with Crippen LogP contribution in [0.15, 0.2) is 12.5 Å². The lowest BCUT2D eigenvalue weighted by Gasteiger charge is -1.91. The van der Waals surface area contributed by atoms with E-state index in [1.54, 1.807) is 12.5 Å². The molecule has 2 heterocycles. The van der Waals surface area contributed by atoms with Crippen LogP contribution in [-0.4, -0.2) is 19.9 Å². The third kappa shape index (κ3) is 0.960. The van der Waals surface area contributed by atoms with E-state index >= 15 is 0 Å². The third-order valence-corrected chi connectivity index (χ3v) is 1.54. The molecule has 0 fully saturated rings. The van der Waals surface area contributed by atoms with E-state index in [0.717, 1.165) is 23.4 Å². The van der Waals surface area contributed by atoms with Crippen molar-refractivity contribution in [2.24, 2.45) is 0 Å². The molecule has 0 spiro atoms. The molecule has 2 aromatic rings. The van der Waals surface area contributed by atoms with Crippen LogP contribution in [0.3, 0.4) is 0 Å². The Kier molecular flexibility index (Phi) is 1.31. The molecule has 0 saturated heterocycles. The van der Waals surface area contributed by atoms with Gasteiger partial charge in [0.25, 0.3) is 0 Å². The van der Waals surface area contributed by atoms with Crippen molar-refractivity contribution in [1.29, 1.82) is 0 Å². The molecule has 4 nitrogen and oxygen atoms in total. The van der Waals surface area contributed by atoms with Gasteiger partial charge in [0.2, 0.25) is 0 Å². The minimum Gasteiger partial charge on any atom is -0.342 e. The second-order valence-corrected chi connectivity index (χ2v) is 2.28. The molecule has 0 atom stereocenters. The van der Waals surface area contributed by atoms with E-state index in [0.29, 0.717) is 0 Å². The third-order valence-electron chi connectivity index (χ3n) is 1.54. The Morgan fingerprint density at radius 1 is 1.55 bits per heavy atom. The summed E-state index contributed by atoms with van der Waals surface area (Å²) < 4.78 is 0. The van der Waals surface area contributed by atoms with E-state index < -0.39 is 0 Å². The van der Waals surface area contributed by atoms with Crippen molar-refractivity contribution in [3.63, 3.8) is 0 Å². The first kappa shape index (κ1) is 6.27. The normalized spacial score (nSPS) is 10.6. The average Bonchev–Trinajstić information content (AvgIpc) is 2.50. The maximum atomic E-state index is 4.20. The van der Waals surface area contributed by atoms with Crippen LogP contribution in [0.1, 0.15) is 14.2 Å². The Labute approximate surface area is 65.2 Å². The van der Waals surface area contributed by atoms with E-state index in [1.807, 2.05) is 6.92 Å². The average molecular weight is 150 g/mol. The predicted molar refractivity (Wildman–Crippen MR) is 43.2 cm³/mol. The van der Waals surface area contributed by atoms with Gasteiger partial charge in [-0.2, -0.15) is 0 Å². The summed E-state index contributed by atoms with van der Waals surface area (Å²) in [6.45, 7) is 2.02. The summed E-state index contributed by atoms with van der Waals surface area (Å²) in [5, 5.41) is 0. The molecule has 0 aliphatic heterocycles. The zero-order valence-electron chi connectivity index (χ0n) is 6.20. The molecule has 2 rings (SSSR count). The quantitative estimate of drug-likeness (QED) is 0.663. The lowest BCUT2D eigenvalue weighted by atomic mass is 10.4. The number of imidazole rings is 1. The first-order valence-corrected chi connectivity index (χ1v) is 3.55. The Morgan fingerprint density at radius 2 is 2.45 bits per heavy atom. The Balaban J connectivity index is 0.000000720. The molecule has 0 unspecified atom stereocenters. The fourth-order valence-corrected chi connectivity index (χ4v) is 0.942. The number of aromatic nitrogens is 4. The van der Waals surface area contributed by atoms with E-state index in [1.165, 1.54) is 0 Å². The molecule has 2 aromatic heterocycles. The molecule has 0 aliphatic rings. The van der Waals surface area contributed by atoms with Gasteiger partial charge in [-0.3, -0.25) is 0 Å². The number of aryl methyl sites for hydroxylation is 1. The highest BCUT2D eigenvalue weighted by Gasteiger charge is 1.98. The van der Waals surface area contributed by atoms with Crippen molar-refractivity contribution in [2.45, 2.75) is 13.3 Å². The van der Waals surface area contributed by atoms with Gasteiger partial charge >= 0.3 is 0 Å². The van der Waals surface area contributed by atoms with Gasteiger partial charge in [-0.05, 0) is 0 Å². The highest BCUT2D eigenvalue weighted by molar-refractivity contribution is 5.67. The van der Waals surface area contributed by atoms with Crippen LogP contribution in [0.5, 0.6) is 0 Å². The summed E-state index contributed by atoms with van der Waals surface area (Å²) >= 11 is 0. The minimum atomic E-state index is 0. The van der Waals surface area contributed by atoms with Crippen molar-refractivity contribution < 1.29 is 1.43 Å². The first-order chi connectivity index (χ1) is 5.40. The van der Waals surface area contributed by atoms with Crippen LogP contribution >= 0.6 is 0 Å². The fraction of sp³-hybridized carbons (Fsp3) is 0.286. The van der Waals surface area contributed by atoms with Crippen LogP contribution in [0.25, 0.3) is 11.2 Å². The predicted octanol–water partition coefficient (Wildman–Crippen LogP) is 1.16. The molecular formula is C7H10N4.